The van der Waals surface area contributed by atoms with Gasteiger partial charge in [-0.05, 0) is 19.4 Å². The van der Waals surface area contributed by atoms with Gasteiger partial charge in [-0.1, -0.05) is 36.4 Å². The van der Waals surface area contributed by atoms with E-state index in [2.05, 4.69) is 6.58 Å². The van der Waals surface area contributed by atoms with Crippen molar-refractivity contribution in [1.29, 1.82) is 0 Å². The lowest BCUT2D eigenvalue weighted by atomic mass is 10.0. The second kappa shape index (κ2) is 5.57. The van der Waals surface area contributed by atoms with Crippen molar-refractivity contribution in [2.45, 2.75) is 13.8 Å². The topological polar surface area (TPSA) is 31.2 Å². The first-order chi connectivity index (χ1) is 9.15. The molecule has 0 aliphatic carbocycles. The number of hydrogen-bond donors (Lipinski definition) is 0. The average Bonchev–Trinajstić information content (AvgIpc) is 2.84. The highest BCUT2D eigenvalue weighted by molar-refractivity contribution is 5.97. The first kappa shape index (κ1) is 13.1. The molecule has 0 unspecified atom stereocenters. The average molecular weight is 255 g/mol. The van der Waals surface area contributed by atoms with Gasteiger partial charge < -0.3 is 9.30 Å². The highest BCUT2D eigenvalue weighted by atomic mass is 16.5. The number of benzene rings is 1. The van der Waals surface area contributed by atoms with Gasteiger partial charge in [0.25, 0.3) is 0 Å². The van der Waals surface area contributed by atoms with Gasteiger partial charge in [0.2, 0.25) is 0 Å². The molecule has 0 N–H and O–H groups in total. The minimum Gasteiger partial charge on any atom is -0.462 e. The highest BCUT2D eigenvalue weighted by Crippen LogP contribution is 2.26. The molecular weight excluding hydrogens is 238 g/mol. The van der Waals surface area contributed by atoms with Crippen molar-refractivity contribution in [1.82, 2.24) is 4.57 Å². The zero-order valence-electron chi connectivity index (χ0n) is 11.2. The van der Waals surface area contributed by atoms with E-state index in [-0.39, 0.29) is 5.97 Å². The Bertz CT molecular complexity index is 594. The molecule has 2 rings (SSSR count). The van der Waals surface area contributed by atoms with E-state index in [1.165, 1.54) is 5.56 Å². The van der Waals surface area contributed by atoms with E-state index >= 15 is 0 Å². The first-order valence-electron chi connectivity index (χ1n) is 6.24. The molecule has 1 aromatic carbocycles. The zero-order chi connectivity index (χ0) is 13.8. The van der Waals surface area contributed by atoms with Crippen molar-refractivity contribution in [3.63, 3.8) is 0 Å². The number of nitrogens with zero attached hydrogens (tertiary/aromatic N) is 1. The number of aromatic nitrogens is 1. The summed E-state index contributed by atoms with van der Waals surface area (Å²) >= 11 is 0. The Labute approximate surface area is 113 Å². The lowest BCUT2D eigenvalue weighted by molar-refractivity contribution is 0.0527. The molecule has 0 bridgehead atoms. The van der Waals surface area contributed by atoms with E-state index in [9.17, 15) is 4.79 Å². The predicted octanol–water partition coefficient (Wildman–Crippen LogP) is 3.74. The van der Waals surface area contributed by atoms with Gasteiger partial charge in [0.05, 0.1) is 12.2 Å². The quantitative estimate of drug-likeness (QED) is 0.779. The summed E-state index contributed by atoms with van der Waals surface area (Å²) in [6.07, 6.45) is 5.27. The molecule has 0 amide bonds. The Kier molecular flexibility index (Phi) is 3.85. The van der Waals surface area contributed by atoms with Gasteiger partial charge in [-0.2, -0.15) is 0 Å². The van der Waals surface area contributed by atoms with Gasteiger partial charge in [-0.25, -0.2) is 4.79 Å². The molecule has 3 heteroatoms. The number of ether oxygens (including phenoxy) is 1. The Morgan fingerprint density at radius 1 is 1.32 bits per heavy atom. The lowest BCUT2D eigenvalue weighted by Crippen LogP contribution is -2.04. The van der Waals surface area contributed by atoms with Gasteiger partial charge in [0.1, 0.15) is 0 Å². The van der Waals surface area contributed by atoms with Crippen LogP contribution in [0.1, 0.15) is 22.8 Å². The number of hydrogen-bond acceptors (Lipinski definition) is 2. The molecule has 0 spiro atoms. The van der Waals surface area contributed by atoms with Gasteiger partial charge in [-0.15, -0.1) is 0 Å². The fraction of sp³-hybridized carbons (Fsp3) is 0.188. The van der Waals surface area contributed by atoms with Gasteiger partial charge >= 0.3 is 5.97 Å². The maximum atomic E-state index is 12.0. The molecule has 98 valence electrons. The van der Waals surface area contributed by atoms with Crippen LogP contribution in [0.2, 0.25) is 0 Å². The SMILES string of the molecule is C=Cn1cc(C(=O)OCC)c(-c2ccc(C)cc2)c1. The van der Waals surface area contributed by atoms with Crippen molar-refractivity contribution in [3.8, 4) is 11.1 Å². The summed E-state index contributed by atoms with van der Waals surface area (Å²) in [5, 5.41) is 0. The molecule has 2 aromatic rings. The Morgan fingerprint density at radius 2 is 2.00 bits per heavy atom. The van der Waals surface area contributed by atoms with E-state index in [1.807, 2.05) is 37.4 Å². The number of carbonyl (C=O) groups is 1. The first-order valence-corrected chi connectivity index (χ1v) is 6.24. The van der Waals surface area contributed by atoms with E-state index in [0.29, 0.717) is 12.2 Å². The van der Waals surface area contributed by atoms with Crippen LogP contribution in [0.5, 0.6) is 0 Å². The Morgan fingerprint density at radius 3 is 2.58 bits per heavy atom. The second-order valence-corrected chi connectivity index (χ2v) is 4.30. The van der Waals surface area contributed by atoms with Crippen LogP contribution in [0.3, 0.4) is 0 Å². The smallest absolute Gasteiger partial charge is 0.340 e. The molecule has 0 saturated carbocycles. The monoisotopic (exact) mass is 255 g/mol. The third-order valence-corrected chi connectivity index (χ3v) is 2.92. The van der Waals surface area contributed by atoms with Crippen molar-refractivity contribution >= 4 is 12.2 Å². The summed E-state index contributed by atoms with van der Waals surface area (Å²) in [4.78, 5) is 12.0. The molecule has 0 aliphatic heterocycles. The zero-order valence-corrected chi connectivity index (χ0v) is 11.2. The Hall–Kier alpha value is -2.29. The maximum absolute atomic E-state index is 12.0. The van der Waals surface area contributed by atoms with Crippen LogP contribution in [-0.2, 0) is 4.74 Å². The van der Waals surface area contributed by atoms with E-state index in [4.69, 9.17) is 4.74 Å². The number of rotatable bonds is 4. The molecule has 1 aromatic heterocycles. The van der Waals surface area contributed by atoms with Gasteiger partial charge in [-0.3, -0.25) is 0 Å². The van der Waals surface area contributed by atoms with Crippen LogP contribution in [0.15, 0.2) is 43.2 Å². The van der Waals surface area contributed by atoms with Crippen molar-refractivity contribution in [2.24, 2.45) is 0 Å². The molecule has 0 radical (unpaired) electrons. The molecular formula is C16H17NO2. The molecule has 0 saturated heterocycles. The molecule has 19 heavy (non-hydrogen) atoms. The van der Waals surface area contributed by atoms with Gasteiger partial charge in [0, 0.05) is 24.2 Å². The van der Waals surface area contributed by atoms with Crippen LogP contribution in [0.4, 0.5) is 0 Å². The van der Waals surface area contributed by atoms with Crippen molar-refractivity contribution in [2.75, 3.05) is 6.61 Å². The largest absolute Gasteiger partial charge is 0.462 e. The van der Waals surface area contributed by atoms with E-state index in [1.54, 1.807) is 23.9 Å². The number of carbonyl (C=O) groups excluding carboxylic acids is 1. The minimum absolute atomic E-state index is 0.307. The molecule has 0 fully saturated rings. The third-order valence-electron chi connectivity index (χ3n) is 2.92. The maximum Gasteiger partial charge on any atom is 0.340 e. The third kappa shape index (κ3) is 2.76. The molecule has 1 heterocycles. The molecule has 0 aliphatic rings. The van der Waals surface area contributed by atoms with Crippen LogP contribution in [-0.4, -0.2) is 17.1 Å². The van der Waals surface area contributed by atoms with Gasteiger partial charge in [0.15, 0.2) is 0 Å². The molecule has 3 nitrogen and oxygen atoms in total. The standard InChI is InChI=1S/C16H17NO2/c1-4-17-10-14(13-8-6-12(3)7-9-13)15(11-17)16(18)19-5-2/h4,6-11H,1,5H2,2-3H3. The van der Waals surface area contributed by atoms with Crippen LogP contribution in [0, 0.1) is 6.92 Å². The number of esters is 1. The normalized spacial score (nSPS) is 10.2. The Balaban J connectivity index is 2.48. The number of aryl methyl sites for hydroxylation is 1. The predicted molar refractivity (Wildman–Crippen MR) is 76.9 cm³/mol. The summed E-state index contributed by atoms with van der Waals surface area (Å²) in [6.45, 7) is 7.91. The van der Waals surface area contributed by atoms with Crippen LogP contribution < -0.4 is 0 Å². The summed E-state index contributed by atoms with van der Waals surface area (Å²) < 4.78 is 6.85. The highest BCUT2D eigenvalue weighted by Gasteiger charge is 2.16. The summed E-state index contributed by atoms with van der Waals surface area (Å²) in [7, 11) is 0. The van der Waals surface area contributed by atoms with E-state index < -0.39 is 0 Å². The fourth-order valence-electron chi connectivity index (χ4n) is 1.91. The summed E-state index contributed by atoms with van der Waals surface area (Å²) in [5.41, 5.74) is 3.60. The van der Waals surface area contributed by atoms with Crippen LogP contribution >= 0.6 is 0 Å². The van der Waals surface area contributed by atoms with E-state index in [0.717, 1.165) is 11.1 Å². The summed E-state index contributed by atoms with van der Waals surface area (Å²) in [5.74, 6) is -0.307. The van der Waals surface area contributed by atoms with Crippen molar-refractivity contribution in [3.05, 3.63) is 54.4 Å². The van der Waals surface area contributed by atoms with Crippen molar-refractivity contribution < 1.29 is 9.53 Å². The lowest BCUT2D eigenvalue weighted by Gasteiger charge is -2.04. The van der Waals surface area contributed by atoms with Crippen LogP contribution in [0.25, 0.3) is 17.3 Å². The second-order valence-electron chi connectivity index (χ2n) is 4.30. The summed E-state index contributed by atoms with van der Waals surface area (Å²) in [6, 6.07) is 8.05. The minimum atomic E-state index is -0.307. The molecule has 0 atom stereocenters. The fourth-order valence-corrected chi connectivity index (χ4v) is 1.91.